The molecule has 0 amide bonds. The number of fused-ring (bicyclic) bond motifs is 1. The van der Waals surface area contributed by atoms with Gasteiger partial charge in [-0.25, -0.2) is 26.1 Å². The van der Waals surface area contributed by atoms with Gasteiger partial charge in [0.1, 0.15) is 10.6 Å². The third-order valence-electron chi connectivity index (χ3n) is 6.90. The number of sulfone groups is 1. The fourth-order valence-corrected chi connectivity index (χ4v) is 7.44. The highest BCUT2D eigenvalue weighted by Gasteiger charge is 2.47. The highest BCUT2D eigenvalue weighted by atomic mass is 32.2. The van der Waals surface area contributed by atoms with E-state index in [1.54, 1.807) is 12.1 Å². The summed E-state index contributed by atoms with van der Waals surface area (Å²) in [5, 5.41) is 10.2. The lowest BCUT2D eigenvalue weighted by Gasteiger charge is -2.39. The summed E-state index contributed by atoms with van der Waals surface area (Å²) in [4.78, 5) is 4.97. The maximum atomic E-state index is 13.7. The largest absolute Gasteiger partial charge is 0.395 e. The number of nitrogens with zero attached hydrogens (tertiary/aromatic N) is 3. The van der Waals surface area contributed by atoms with E-state index >= 15 is 0 Å². The van der Waals surface area contributed by atoms with Gasteiger partial charge in [0.2, 0.25) is 10.0 Å². The van der Waals surface area contributed by atoms with E-state index in [4.69, 9.17) is 4.98 Å². The molecule has 1 aliphatic heterocycles. The van der Waals surface area contributed by atoms with Crippen LogP contribution in [-0.4, -0.2) is 66.5 Å². The molecule has 2 aliphatic rings. The van der Waals surface area contributed by atoms with Crippen LogP contribution in [0.25, 0.3) is 11.0 Å². The van der Waals surface area contributed by atoms with Gasteiger partial charge in [-0.15, -0.1) is 0 Å². The zero-order valence-electron chi connectivity index (χ0n) is 19.9. The van der Waals surface area contributed by atoms with Crippen LogP contribution in [0.2, 0.25) is 0 Å². The molecule has 2 fully saturated rings. The molecule has 184 valence electrons. The minimum atomic E-state index is -3.90. The number of rotatable bonds is 7. The highest BCUT2D eigenvalue weighted by molar-refractivity contribution is 7.93. The van der Waals surface area contributed by atoms with E-state index in [1.165, 1.54) is 17.1 Å². The van der Waals surface area contributed by atoms with E-state index < -0.39 is 31.2 Å². The van der Waals surface area contributed by atoms with Crippen LogP contribution >= 0.6 is 0 Å². The molecule has 0 atom stereocenters. The van der Waals surface area contributed by atoms with Gasteiger partial charge in [0, 0.05) is 26.1 Å². The molecule has 0 radical (unpaired) electrons. The number of aliphatic hydroxyl groups excluding tert-OH is 1. The van der Waals surface area contributed by atoms with Crippen molar-refractivity contribution in [2.75, 3.05) is 26.0 Å². The lowest BCUT2D eigenvalue weighted by Crippen LogP contribution is -2.52. The maximum Gasteiger partial charge on any atom is 0.211 e. The molecule has 0 bridgehead atoms. The molecular weight excluding hydrogens is 462 g/mol. The molecule has 1 aliphatic carbocycles. The predicted molar refractivity (Wildman–Crippen MR) is 128 cm³/mol. The molecule has 2 heterocycles. The van der Waals surface area contributed by atoms with Gasteiger partial charge in [-0.1, -0.05) is 20.8 Å². The molecule has 1 saturated carbocycles. The molecule has 1 saturated heterocycles. The summed E-state index contributed by atoms with van der Waals surface area (Å²) in [6, 6.07) is 5.07. The molecule has 1 N–H and O–H groups in total. The van der Waals surface area contributed by atoms with Gasteiger partial charge in [0.25, 0.3) is 0 Å². The van der Waals surface area contributed by atoms with Crippen molar-refractivity contribution in [3.8, 4) is 0 Å². The van der Waals surface area contributed by atoms with Gasteiger partial charge >= 0.3 is 0 Å². The number of benzene rings is 1. The average molecular weight is 498 g/mol. The Labute approximate surface area is 197 Å². The third kappa shape index (κ3) is 4.85. The first-order chi connectivity index (χ1) is 15.3. The van der Waals surface area contributed by atoms with Crippen LogP contribution in [0, 0.1) is 11.3 Å². The molecule has 0 spiro atoms. The Morgan fingerprint density at radius 2 is 1.76 bits per heavy atom. The summed E-state index contributed by atoms with van der Waals surface area (Å²) in [5.74, 6) is 1.62. The summed E-state index contributed by atoms with van der Waals surface area (Å²) in [6.45, 7) is 7.00. The third-order valence-corrected chi connectivity index (χ3v) is 10.8. The van der Waals surface area contributed by atoms with Gasteiger partial charge in [-0.05, 0) is 55.2 Å². The Bertz CT molecular complexity index is 1250. The van der Waals surface area contributed by atoms with Crippen LogP contribution in [0.3, 0.4) is 0 Å². The van der Waals surface area contributed by atoms with Crippen LogP contribution in [0.4, 0.5) is 0 Å². The van der Waals surface area contributed by atoms with Crippen molar-refractivity contribution in [2.45, 2.75) is 69.1 Å². The second kappa shape index (κ2) is 8.32. The van der Waals surface area contributed by atoms with Crippen molar-refractivity contribution in [2.24, 2.45) is 11.3 Å². The number of imidazole rings is 1. The predicted octanol–water partition coefficient (Wildman–Crippen LogP) is 2.60. The Morgan fingerprint density at radius 1 is 1.12 bits per heavy atom. The van der Waals surface area contributed by atoms with Crippen molar-refractivity contribution in [1.29, 1.82) is 0 Å². The number of piperidine rings is 1. The summed E-state index contributed by atoms with van der Waals surface area (Å²) < 4.78 is 53.2. The van der Waals surface area contributed by atoms with Crippen molar-refractivity contribution < 1.29 is 21.9 Å². The minimum absolute atomic E-state index is 0.0477. The molecule has 8 nitrogen and oxygen atoms in total. The summed E-state index contributed by atoms with van der Waals surface area (Å²) in [7, 11) is -7.31. The van der Waals surface area contributed by atoms with Crippen LogP contribution in [-0.2, 0) is 32.8 Å². The lowest BCUT2D eigenvalue weighted by atomic mass is 9.92. The summed E-state index contributed by atoms with van der Waals surface area (Å²) in [5.41, 5.74) is 1.63. The molecular formula is C23H35N3O5S2. The number of hydrogen-bond acceptors (Lipinski definition) is 6. The van der Waals surface area contributed by atoms with Gasteiger partial charge in [0.05, 0.1) is 28.8 Å². The average Bonchev–Trinajstić information content (AvgIpc) is 3.48. The quantitative estimate of drug-likeness (QED) is 0.630. The first-order valence-corrected chi connectivity index (χ1v) is 14.9. The highest BCUT2D eigenvalue weighted by Crippen LogP contribution is 2.38. The van der Waals surface area contributed by atoms with Crippen LogP contribution in [0.5, 0.6) is 0 Å². The van der Waals surface area contributed by atoms with Crippen molar-refractivity contribution in [3.63, 3.8) is 0 Å². The molecule has 1 aromatic carbocycles. The normalized spacial score (nSPS) is 20.4. The Balaban J connectivity index is 1.71. The standard InChI is InChI=1S/C23H35N3O5S2/c1-22(2,3)14-21-24-19-13-18(7-8-20(19)26(21)15-17-5-6-17)33(30,31)23(16-27)9-11-25(12-10-23)32(4,28)29/h7-8,13,17,27H,5-6,9-12,14-16H2,1-4H3. The fraction of sp³-hybridized carbons (Fsp3) is 0.696. The van der Waals surface area contributed by atoms with Gasteiger partial charge in [0.15, 0.2) is 9.84 Å². The van der Waals surface area contributed by atoms with Gasteiger partial charge < -0.3 is 9.67 Å². The molecule has 1 aromatic heterocycles. The zero-order chi connectivity index (χ0) is 24.2. The van der Waals surface area contributed by atoms with E-state index in [-0.39, 0.29) is 36.2 Å². The maximum absolute atomic E-state index is 13.7. The van der Waals surface area contributed by atoms with E-state index in [9.17, 15) is 21.9 Å². The Morgan fingerprint density at radius 3 is 2.27 bits per heavy atom. The molecule has 4 rings (SSSR count). The van der Waals surface area contributed by atoms with Crippen LogP contribution in [0.15, 0.2) is 23.1 Å². The van der Waals surface area contributed by atoms with Crippen LogP contribution in [0.1, 0.15) is 52.3 Å². The second-order valence-corrected chi connectivity index (χ2v) is 15.3. The number of aliphatic hydroxyl groups is 1. The molecule has 10 heteroatoms. The Kier molecular flexibility index (Phi) is 6.21. The van der Waals surface area contributed by atoms with Gasteiger partial charge in [-0.3, -0.25) is 0 Å². The van der Waals surface area contributed by atoms with E-state index in [0.29, 0.717) is 11.4 Å². The number of sulfonamides is 1. The molecule has 0 unspecified atom stereocenters. The first-order valence-electron chi connectivity index (χ1n) is 11.6. The summed E-state index contributed by atoms with van der Waals surface area (Å²) in [6.07, 6.45) is 4.45. The van der Waals surface area contributed by atoms with Gasteiger partial charge in [-0.2, -0.15) is 0 Å². The topological polar surface area (TPSA) is 110 Å². The van der Waals surface area contributed by atoms with E-state index in [2.05, 4.69) is 25.3 Å². The second-order valence-electron chi connectivity index (χ2n) is 11.0. The lowest BCUT2D eigenvalue weighted by molar-refractivity contribution is 0.186. The van der Waals surface area contributed by atoms with Crippen molar-refractivity contribution in [1.82, 2.24) is 13.9 Å². The summed E-state index contributed by atoms with van der Waals surface area (Å²) >= 11 is 0. The molecule has 33 heavy (non-hydrogen) atoms. The van der Waals surface area contributed by atoms with Crippen molar-refractivity contribution >= 4 is 30.9 Å². The smallest absolute Gasteiger partial charge is 0.211 e. The number of aromatic nitrogens is 2. The zero-order valence-corrected chi connectivity index (χ0v) is 21.5. The monoisotopic (exact) mass is 497 g/mol. The number of hydrogen-bond donors (Lipinski definition) is 1. The Hall–Kier alpha value is -1.49. The first kappa shape index (κ1) is 24.6. The molecule has 2 aromatic rings. The van der Waals surface area contributed by atoms with E-state index in [1.807, 2.05) is 6.07 Å². The minimum Gasteiger partial charge on any atom is -0.395 e. The van der Waals surface area contributed by atoms with Crippen LogP contribution < -0.4 is 0 Å². The fourth-order valence-electron chi connectivity index (χ4n) is 4.69. The van der Waals surface area contributed by atoms with Crippen molar-refractivity contribution in [3.05, 3.63) is 24.0 Å². The van der Waals surface area contributed by atoms with E-state index in [0.717, 1.165) is 30.6 Å². The SMILES string of the molecule is CC(C)(C)Cc1nc2cc(S(=O)(=O)C3(CO)CCN(S(C)(=O)=O)CC3)ccc2n1CC1CC1.